The fraction of sp³-hybridized carbons (Fsp3) is 0.875. The van der Waals surface area contributed by atoms with Crippen LogP contribution in [0.3, 0.4) is 0 Å². The third-order valence-corrected chi connectivity index (χ3v) is 2.54. The standard InChI is InChI=1S/C8H13NO3.ClH/c10-7-8(9-3-6-12-7)1-4-11-5-2-8;/h9H,1-6H2;1H. The summed E-state index contributed by atoms with van der Waals surface area (Å²) in [5, 5.41) is 3.23. The Hall–Kier alpha value is -0.320. The van der Waals surface area contributed by atoms with Gasteiger partial charge in [-0.1, -0.05) is 0 Å². The second kappa shape index (κ2) is 4.26. The number of esters is 1. The molecule has 0 unspecified atom stereocenters. The Morgan fingerprint density at radius 2 is 1.92 bits per heavy atom. The van der Waals surface area contributed by atoms with Crippen molar-refractivity contribution in [2.75, 3.05) is 26.4 Å². The maximum atomic E-state index is 11.4. The average molecular weight is 208 g/mol. The summed E-state index contributed by atoms with van der Waals surface area (Å²) in [7, 11) is 0. The SMILES string of the molecule is Cl.O=C1OCCNC12CCOCC2. The zero-order chi connectivity index (χ0) is 8.44. The number of hydrogen-bond acceptors (Lipinski definition) is 4. The lowest BCUT2D eigenvalue weighted by Gasteiger charge is -2.38. The van der Waals surface area contributed by atoms with E-state index in [0.717, 1.165) is 19.4 Å². The molecule has 0 aliphatic carbocycles. The van der Waals surface area contributed by atoms with Gasteiger partial charge in [0.25, 0.3) is 0 Å². The van der Waals surface area contributed by atoms with Gasteiger partial charge in [-0.05, 0) is 12.8 Å². The zero-order valence-electron chi connectivity index (χ0n) is 7.38. The molecule has 0 aromatic heterocycles. The molecule has 13 heavy (non-hydrogen) atoms. The molecule has 2 heterocycles. The summed E-state index contributed by atoms with van der Waals surface area (Å²) in [5.74, 6) is -0.1000. The van der Waals surface area contributed by atoms with E-state index < -0.39 is 5.54 Å². The highest BCUT2D eigenvalue weighted by molar-refractivity contribution is 5.85. The Balaban J connectivity index is 0.000000845. The van der Waals surface area contributed by atoms with Crippen molar-refractivity contribution in [3.8, 4) is 0 Å². The van der Waals surface area contributed by atoms with Crippen LogP contribution in [0.4, 0.5) is 0 Å². The molecule has 1 N–H and O–H groups in total. The quantitative estimate of drug-likeness (QED) is 0.573. The summed E-state index contributed by atoms with van der Waals surface area (Å²) < 4.78 is 10.2. The van der Waals surface area contributed by atoms with Crippen LogP contribution in [0.1, 0.15) is 12.8 Å². The number of cyclic esters (lactones) is 1. The number of rotatable bonds is 0. The highest BCUT2D eigenvalue weighted by Gasteiger charge is 2.42. The molecule has 0 bridgehead atoms. The molecule has 4 nitrogen and oxygen atoms in total. The van der Waals surface area contributed by atoms with Crippen molar-refractivity contribution in [1.82, 2.24) is 5.32 Å². The molecule has 1 spiro atoms. The lowest BCUT2D eigenvalue weighted by Crippen LogP contribution is -2.60. The van der Waals surface area contributed by atoms with Crippen LogP contribution in [-0.4, -0.2) is 37.9 Å². The molecule has 76 valence electrons. The first-order valence-corrected chi connectivity index (χ1v) is 4.33. The van der Waals surface area contributed by atoms with Crippen LogP contribution in [0.2, 0.25) is 0 Å². The minimum absolute atomic E-state index is 0. The minimum atomic E-state index is -0.420. The van der Waals surface area contributed by atoms with Gasteiger partial charge >= 0.3 is 5.97 Å². The minimum Gasteiger partial charge on any atom is -0.463 e. The van der Waals surface area contributed by atoms with Crippen molar-refractivity contribution in [2.24, 2.45) is 0 Å². The zero-order valence-corrected chi connectivity index (χ0v) is 8.19. The Bertz CT molecular complexity index is 184. The Morgan fingerprint density at radius 1 is 1.23 bits per heavy atom. The molecule has 0 aromatic carbocycles. The van der Waals surface area contributed by atoms with Gasteiger partial charge in [-0.3, -0.25) is 10.1 Å². The van der Waals surface area contributed by atoms with E-state index in [1.165, 1.54) is 0 Å². The predicted molar refractivity (Wildman–Crippen MR) is 49.0 cm³/mol. The number of nitrogens with one attached hydrogen (secondary N) is 1. The summed E-state index contributed by atoms with van der Waals surface area (Å²) >= 11 is 0. The number of carbonyl (C=O) groups excluding carboxylic acids is 1. The molecular weight excluding hydrogens is 194 g/mol. The summed E-state index contributed by atoms with van der Waals surface area (Å²) in [4.78, 5) is 11.4. The Morgan fingerprint density at radius 3 is 2.54 bits per heavy atom. The van der Waals surface area contributed by atoms with Crippen molar-refractivity contribution in [3.05, 3.63) is 0 Å². The fourth-order valence-corrected chi connectivity index (χ4v) is 1.75. The maximum absolute atomic E-state index is 11.4. The van der Waals surface area contributed by atoms with Crippen molar-refractivity contribution in [2.45, 2.75) is 18.4 Å². The molecule has 2 aliphatic rings. The molecule has 0 aromatic rings. The molecular formula is C8H14ClNO3. The van der Waals surface area contributed by atoms with Gasteiger partial charge in [0.15, 0.2) is 0 Å². The van der Waals surface area contributed by atoms with Crippen molar-refractivity contribution < 1.29 is 14.3 Å². The van der Waals surface area contributed by atoms with E-state index in [2.05, 4.69) is 5.32 Å². The number of carbonyl (C=O) groups is 1. The Kier molecular flexibility index (Phi) is 3.53. The highest BCUT2D eigenvalue weighted by Crippen LogP contribution is 2.23. The third kappa shape index (κ3) is 1.95. The number of ether oxygens (including phenoxy) is 2. The topological polar surface area (TPSA) is 47.6 Å². The first kappa shape index (κ1) is 10.8. The summed E-state index contributed by atoms with van der Waals surface area (Å²) in [5.41, 5.74) is -0.420. The van der Waals surface area contributed by atoms with Crippen LogP contribution in [0.15, 0.2) is 0 Å². The first-order chi connectivity index (χ1) is 5.83. The molecule has 2 aliphatic heterocycles. The van der Waals surface area contributed by atoms with Crippen molar-refractivity contribution in [3.63, 3.8) is 0 Å². The van der Waals surface area contributed by atoms with Gasteiger partial charge in [-0.15, -0.1) is 12.4 Å². The van der Waals surface area contributed by atoms with Gasteiger partial charge in [0.05, 0.1) is 0 Å². The molecule has 2 fully saturated rings. The lowest BCUT2D eigenvalue weighted by atomic mass is 9.89. The van der Waals surface area contributed by atoms with E-state index in [4.69, 9.17) is 9.47 Å². The monoisotopic (exact) mass is 207 g/mol. The summed E-state index contributed by atoms with van der Waals surface area (Å²) in [6.45, 7) is 2.58. The van der Waals surface area contributed by atoms with Crippen molar-refractivity contribution >= 4 is 18.4 Å². The van der Waals surface area contributed by atoms with E-state index >= 15 is 0 Å². The summed E-state index contributed by atoms with van der Waals surface area (Å²) in [6.07, 6.45) is 1.48. The van der Waals surface area contributed by atoms with Crippen LogP contribution in [0.5, 0.6) is 0 Å². The van der Waals surface area contributed by atoms with E-state index in [-0.39, 0.29) is 18.4 Å². The number of hydrogen-bond donors (Lipinski definition) is 1. The van der Waals surface area contributed by atoms with Crippen LogP contribution < -0.4 is 5.32 Å². The van der Waals surface area contributed by atoms with Gasteiger partial charge in [-0.2, -0.15) is 0 Å². The van der Waals surface area contributed by atoms with Crippen molar-refractivity contribution in [1.29, 1.82) is 0 Å². The Labute approximate surface area is 83.4 Å². The maximum Gasteiger partial charge on any atom is 0.326 e. The fourth-order valence-electron chi connectivity index (χ4n) is 1.75. The third-order valence-electron chi connectivity index (χ3n) is 2.54. The predicted octanol–water partition coefficient (Wildman–Crippen LogP) is 0.104. The molecule has 0 saturated carbocycles. The average Bonchev–Trinajstić information content (AvgIpc) is 2.12. The molecule has 0 radical (unpaired) electrons. The van der Waals surface area contributed by atoms with E-state index in [9.17, 15) is 4.79 Å². The smallest absolute Gasteiger partial charge is 0.326 e. The lowest BCUT2D eigenvalue weighted by molar-refractivity contribution is -0.161. The second-order valence-electron chi connectivity index (χ2n) is 3.26. The van der Waals surface area contributed by atoms with Crippen LogP contribution in [0.25, 0.3) is 0 Å². The van der Waals surface area contributed by atoms with E-state index in [1.807, 2.05) is 0 Å². The van der Waals surface area contributed by atoms with Gasteiger partial charge in [-0.25, -0.2) is 0 Å². The molecule has 0 amide bonds. The van der Waals surface area contributed by atoms with Crippen LogP contribution in [-0.2, 0) is 14.3 Å². The van der Waals surface area contributed by atoms with Gasteiger partial charge < -0.3 is 9.47 Å². The molecule has 0 atom stereocenters. The number of morpholine rings is 1. The van der Waals surface area contributed by atoms with E-state index in [0.29, 0.717) is 19.8 Å². The van der Waals surface area contributed by atoms with Gasteiger partial charge in [0.2, 0.25) is 0 Å². The second-order valence-corrected chi connectivity index (χ2v) is 3.26. The van der Waals surface area contributed by atoms with E-state index in [1.54, 1.807) is 0 Å². The van der Waals surface area contributed by atoms with Gasteiger partial charge in [0, 0.05) is 19.8 Å². The molecule has 2 rings (SSSR count). The van der Waals surface area contributed by atoms with Gasteiger partial charge in [0.1, 0.15) is 12.1 Å². The number of halogens is 1. The normalized spacial score (nSPS) is 26.3. The first-order valence-electron chi connectivity index (χ1n) is 4.33. The summed E-state index contributed by atoms with van der Waals surface area (Å²) in [6, 6.07) is 0. The molecule has 2 saturated heterocycles. The highest BCUT2D eigenvalue weighted by atomic mass is 35.5. The van der Waals surface area contributed by atoms with Crippen LogP contribution >= 0.6 is 12.4 Å². The molecule has 5 heteroatoms. The largest absolute Gasteiger partial charge is 0.463 e. The van der Waals surface area contributed by atoms with Crippen LogP contribution in [0, 0.1) is 0 Å².